The fraction of sp³-hybridized carbons (Fsp3) is 0.350. The number of likely N-dealkylation sites (tertiary alicyclic amines) is 1. The van der Waals surface area contributed by atoms with Crippen LogP contribution >= 0.6 is 11.6 Å². The van der Waals surface area contributed by atoms with Gasteiger partial charge in [0.1, 0.15) is 11.0 Å². The van der Waals surface area contributed by atoms with E-state index in [2.05, 4.69) is 6.92 Å². The van der Waals surface area contributed by atoms with Crippen LogP contribution in [0.25, 0.3) is 0 Å². The Morgan fingerprint density at radius 2 is 1.74 bits per heavy atom. The minimum atomic E-state index is -3.46. The molecule has 0 N–H and O–H groups in total. The number of carbonyl (C=O) groups is 1. The number of nitrogens with zero attached hydrogens (tertiary/aromatic N) is 1. The van der Waals surface area contributed by atoms with Crippen LogP contribution in [0.3, 0.4) is 0 Å². The van der Waals surface area contributed by atoms with E-state index in [1.165, 1.54) is 12.1 Å². The molecule has 2 aromatic rings. The predicted octanol–water partition coefficient (Wildman–Crippen LogP) is 3.82. The monoisotopic (exact) mass is 407 g/mol. The standard InChI is InChI=1S/C20H22ClNO4S/c1-2-3-12-26-17-8-4-15(5-9-17)20(23)22-13-19(14-22)27(24,25)18-10-6-16(21)7-11-18/h4-11,19H,2-3,12-14H2,1H3. The third-order valence-electron chi connectivity index (χ3n) is 4.58. The highest BCUT2D eigenvalue weighted by Gasteiger charge is 2.40. The van der Waals surface area contributed by atoms with Gasteiger partial charge in [-0.05, 0) is 55.0 Å². The molecule has 0 unspecified atom stereocenters. The van der Waals surface area contributed by atoms with Crippen LogP contribution in [0.2, 0.25) is 5.02 Å². The number of amides is 1. The number of carbonyl (C=O) groups excluding carboxylic acids is 1. The summed E-state index contributed by atoms with van der Waals surface area (Å²) in [4.78, 5) is 14.3. The van der Waals surface area contributed by atoms with E-state index in [1.807, 2.05) is 0 Å². The average Bonchev–Trinajstić information content (AvgIpc) is 2.61. The van der Waals surface area contributed by atoms with Crippen molar-refractivity contribution < 1.29 is 17.9 Å². The van der Waals surface area contributed by atoms with Crippen LogP contribution in [0.5, 0.6) is 5.75 Å². The molecule has 1 fully saturated rings. The molecule has 2 aromatic carbocycles. The van der Waals surface area contributed by atoms with Gasteiger partial charge in [-0.1, -0.05) is 24.9 Å². The number of rotatable bonds is 7. The van der Waals surface area contributed by atoms with Gasteiger partial charge in [-0.25, -0.2) is 8.42 Å². The highest BCUT2D eigenvalue weighted by Crippen LogP contribution is 2.26. The molecule has 7 heteroatoms. The minimum absolute atomic E-state index is 0.169. The van der Waals surface area contributed by atoms with Crippen LogP contribution < -0.4 is 4.74 Å². The zero-order valence-electron chi connectivity index (χ0n) is 15.1. The zero-order valence-corrected chi connectivity index (χ0v) is 16.7. The summed E-state index contributed by atoms with van der Waals surface area (Å²) in [6.07, 6.45) is 2.05. The molecule has 27 heavy (non-hydrogen) atoms. The van der Waals surface area contributed by atoms with Crippen molar-refractivity contribution in [3.63, 3.8) is 0 Å². The Hall–Kier alpha value is -2.05. The smallest absolute Gasteiger partial charge is 0.253 e. The van der Waals surface area contributed by atoms with E-state index in [4.69, 9.17) is 16.3 Å². The molecule has 0 radical (unpaired) electrons. The number of sulfone groups is 1. The van der Waals surface area contributed by atoms with Crippen LogP contribution in [0.15, 0.2) is 53.4 Å². The average molecular weight is 408 g/mol. The Morgan fingerprint density at radius 3 is 2.33 bits per heavy atom. The summed E-state index contributed by atoms with van der Waals surface area (Å²) in [6.45, 7) is 3.13. The molecule has 0 aliphatic carbocycles. The Kier molecular flexibility index (Phi) is 6.07. The summed E-state index contributed by atoms with van der Waals surface area (Å²) in [6, 6.07) is 13.1. The predicted molar refractivity (Wildman–Crippen MR) is 105 cm³/mol. The second-order valence-corrected chi connectivity index (χ2v) is 9.22. The maximum absolute atomic E-state index is 12.6. The third kappa shape index (κ3) is 4.45. The first-order chi connectivity index (χ1) is 12.9. The van der Waals surface area contributed by atoms with Crippen molar-refractivity contribution in [2.75, 3.05) is 19.7 Å². The Labute approximate surface area is 164 Å². The highest BCUT2D eigenvalue weighted by atomic mass is 35.5. The summed E-state index contributed by atoms with van der Waals surface area (Å²) in [5.41, 5.74) is 0.528. The highest BCUT2D eigenvalue weighted by molar-refractivity contribution is 7.92. The van der Waals surface area contributed by atoms with E-state index in [0.717, 1.165) is 18.6 Å². The zero-order chi connectivity index (χ0) is 19.4. The molecular weight excluding hydrogens is 386 g/mol. The molecular formula is C20H22ClNO4S. The molecule has 0 atom stereocenters. The molecule has 1 saturated heterocycles. The van der Waals surface area contributed by atoms with E-state index in [9.17, 15) is 13.2 Å². The molecule has 0 aromatic heterocycles. The lowest BCUT2D eigenvalue weighted by atomic mass is 10.1. The Bertz CT molecular complexity index is 889. The maximum Gasteiger partial charge on any atom is 0.253 e. The van der Waals surface area contributed by atoms with E-state index in [-0.39, 0.29) is 23.9 Å². The number of hydrogen-bond donors (Lipinski definition) is 0. The van der Waals surface area contributed by atoms with Gasteiger partial charge in [-0.3, -0.25) is 4.79 Å². The first-order valence-corrected chi connectivity index (χ1v) is 10.9. The number of ether oxygens (including phenoxy) is 1. The molecule has 5 nitrogen and oxygen atoms in total. The van der Waals surface area contributed by atoms with Crippen LogP contribution in [0, 0.1) is 0 Å². The number of benzene rings is 2. The Balaban J connectivity index is 1.58. The molecule has 1 amide bonds. The molecule has 1 aliphatic heterocycles. The summed E-state index contributed by atoms with van der Waals surface area (Å²) in [7, 11) is -3.46. The number of hydrogen-bond acceptors (Lipinski definition) is 4. The van der Waals surface area contributed by atoms with E-state index in [0.29, 0.717) is 17.2 Å². The lowest BCUT2D eigenvalue weighted by Gasteiger charge is -2.38. The van der Waals surface area contributed by atoms with Gasteiger partial charge in [-0.15, -0.1) is 0 Å². The van der Waals surface area contributed by atoms with Crippen LogP contribution in [-0.2, 0) is 9.84 Å². The summed E-state index contributed by atoms with van der Waals surface area (Å²) in [5, 5.41) is -0.0965. The lowest BCUT2D eigenvalue weighted by molar-refractivity contribution is 0.0659. The largest absolute Gasteiger partial charge is 0.494 e. The van der Waals surface area contributed by atoms with Crippen molar-refractivity contribution in [2.24, 2.45) is 0 Å². The summed E-state index contributed by atoms with van der Waals surface area (Å²) in [5.74, 6) is 0.560. The van der Waals surface area contributed by atoms with Gasteiger partial charge in [-0.2, -0.15) is 0 Å². The van der Waals surface area contributed by atoms with Gasteiger partial charge in [0, 0.05) is 23.7 Å². The molecule has 144 valence electrons. The normalized spacial score (nSPS) is 14.7. The fourth-order valence-corrected chi connectivity index (χ4v) is 4.61. The van der Waals surface area contributed by atoms with Crippen molar-refractivity contribution in [3.8, 4) is 5.75 Å². The number of unbranched alkanes of at least 4 members (excludes halogenated alkanes) is 1. The summed E-state index contributed by atoms with van der Waals surface area (Å²) < 4.78 is 30.8. The quantitative estimate of drug-likeness (QED) is 0.654. The topological polar surface area (TPSA) is 63.7 Å². The van der Waals surface area contributed by atoms with Crippen LogP contribution in [0.1, 0.15) is 30.1 Å². The second kappa shape index (κ2) is 8.31. The first kappa shape index (κ1) is 19.7. The number of halogens is 1. The van der Waals surface area contributed by atoms with Gasteiger partial charge in [0.05, 0.1) is 11.5 Å². The molecule has 1 heterocycles. The Morgan fingerprint density at radius 1 is 1.11 bits per heavy atom. The van der Waals surface area contributed by atoms with Gasteiger partial charge in [0.2, 0.25) is 0 Å². The van der Waals surface area contributed by atoms with E-state index >= 15 is 0 Å². The maximum atomic E-state index is 12.6. The minimum Gasteiger partial charge on any atom is -0.494 e. The lowest BCUT2D eigenvalue weighted by Crippen LogP contribution is -2.56. The van der Waals surface area contributed by atoms with Gasteiger partial charge in [0.15, 0.2) is 9.84 Å². The van der Waals surface area contributed by atoms with Crippen molar-refractivity contribution in [3.05, 3.63) is 59.1 Å². The van der Waals surface area contributed by atoms with Gasteiger partial charge < -0.3 is 9.64 Å². The SMILES string of the molecule is CCCCOc1ccc(C(=O)N2CC(S(=O)(=O)c3ccc(Cl)cc3)C2)cc1. The molecule has 0 saturated carbocycles. The molecule has 3 rings (SSSR count). The fourth-order valence-electron chi connectivity index (χ4n) is 2.83. The molecule has 0 bridgehead atoms. The van der Waals surface area contributed by atoms with Gasteiger partial charge >= 0.3 is 0 Å². The molecule has 1 aliphatic rings. The van der Waals surface area contributed by atoms with Crippen molar-refractivity contribution in [1.82, 2.24) is 4.90 Å². The second-order valence-electron chi connectivity index (χ2n) is 6.56. The first-order valence-electron chi connectivity index (χ1n) is 8.93. The summed E-state index contributed by atoms with van der Waals surface area (Å²) >= 11 is 5.81. The van der Waals surface area contributed by atoms with E-state index in [1.54, 1.807) is 41.3 Å². The van der Waals surface area contributed by atoms with Crippen LogP contribution in [0.4, 0.5) is 0 Å². The van der Waals surface area contributed by atoms with Crippen molar-refractivity contribution >= 4 is 27.3 Å². The van der Waals surface area contributed by atoms with Crippen molar-refractivity contribution in [2.45, 2.75) is 29.9 Å². The van der Waals surface area contributed by atoms with Gasteiger partial charge in [0.25, 0.3) is 5.91 Å². The third-order valence-corrected chi connectivity index (χ3v) is 6.94. The van der Waals surface area contributed by atoms with Crippen LogP contribution in [-0.4, -0.2) is 44.2 Å². The van der Waals surface area contributed by atoms with Crippen molar-refractivity contribution in [1.29, 1.82) is 0 Å². The molecule has 0 spiro atoms. The van der Waals surface area contributed by atoms with E-state index < -0.39 is 15.1 Å².